The van der Waals surface area contributed by atoms with Crippen molar-refractivity contribution in [2.24, 2.45) is 11.6 Å². The number of carboxylic acid groups (broad SMARTS) is 1. The van der Waals surface area contributed by atoms with Gasteiger partial charge in [0.2, 0.25) is 0 Å². The van der Waals surface area contributed by atoms with E-state index in [9.17, 15) is 4.79 Å². The lowest BCUT2D eigenvalue weighted by Crippen LogP contribution is -2.60. The highest BCUT2D eigenvalue weighted by Crippen LogP contribution is 2.26. The fourth-order valence-electron chi connectivity index (χ4n) is 2.24. The van der Waals surface area contributed by atoms with Crippen LogP contribution in [0.2, 0.25) is 0 Å². The van der Waals surface area contributed by atoms with E-state index in [1.807, 2.05) is 0 Å². The van der Waals surface area contributed by atoms with Crippen LogP contribution >= 0.6 is 0 Å². The van der Waals surface area contributed by atoms with Crippen molar-refractivity contribution in [1.29, 1.82) is 0 Å². The van der Waals surface area contributed by atoms with Gasteiger partial charge in [0.05, 0.1) is 0 Å². The van der Waals surface area contributed by atoms with Crippen LogP contribution in [0.5, 0.6) is 0 Å². The summed E-state index contributed by atoms with van der Waals surface area (Å²) in [6.07, 6.45) is 5.24. The summed E-state index contributed by atoms with van der Waals surface area (Å²) in [5.41, 5.74) is 4.80. The fourth-order valence-corrected chi connectivity index (χ4v) is 2.24. The van der Waals surface area contributed by atoms with Gasteiger partial charge in [-0.2, -0.15) is 0 Å². The van der Waals surface area contributed by atoms with Crippen LogP contribution in [0.25, 0.3) is 0 Å². The summed E-state index contributed by atoms with van der Waals surface area (Å²) >= 11 is 0. The summed E-state index contributed by atoms with van der Waals surface area (Å²) in [4.78, 5) is 11.1. The van der Waals surface area contributed by atoms with Crippen molar-refractivity contribution < 1.29 is 9.90 Å². The highest BCUT2D eigenvalue weighted by molar-refractivity contribution is 5.78. The number of hydrazine groups is 1. The van der Waals surface area contributed by atoms with Gasteiger partial charge in [-0.1, -0.05) is 26.2 Å². The molecule has 0 spiro atoms. The average Bonchev–Trinajstić information content (AvgIpc) is 2.23. The van der Waals surface area contributed by atoms with E-state index < -0.39 is 11.5 Å². The van der Waals surface area contributed by atoms with Crippen LogP contribution in [0.4, 0.5) is 0 Å². The molecule has 0 amide bonds. The van der Waals surface area contributed by atoms with Gasteiger partial charge in [-0.05, 0) is 19.3 Å². The summed E-state index contributed by atoms with van der Waals surface area (Å²) < 4.78 is 0. The lowest BCUT2D eigenvalue weighted by molar-refractivity contribution is -0.146. The van der Waals surface area contributed by atoms with Gasteiger partial charge in [-0.25, -0.2) is 5.01 Å². The SMILES string of the molecule is CCCCCC1CC(N)(C(=O)O)CCN1N. The number of hydrogen-bond acceptors (Lipinski definition) is 4. The monoisotopic (exact) mass is 229 g/mol. The molecule has 16 heavy (non-hydrogen) atoms. The summed E-state index contributed by atoms with van der Waals surface area (Å²) in [6, 6.07) is 0.112. The van der Waals surface area contributed by atoms with Crippen LogP contribution in [0.15, 0.2) is 0 Å². The second-order valence-electron chi connectivity index (χ2n) is 4.80. The third-order valence-electron chi connectivity index (χ3n) is 3.45. The first-order valence-corrected chi connectivity index (χ1v) is 6.03. The van der Waals surface area contributed by atoms with E-state index in [0.29, 0.717) is 19.4 Å². The number of carboxylic acids is 1. The van der Waals surface area contributed by atoms with E-state index in [2.05, 4.69) is 6.92 Å². The number of carbonyl (C=O) groups is 1. The quantitative estimate of drug-likeness (QED) is 0.476. The normalized spacial score (nSPS) is 31.6. The van der Waals surface area contributed by atoms with Crippen molar-refractivity contribution in [2.45, 2.75) is 57.0 Å². The Morgan fingerprint density at radius 1 is 1.56 bits per heavy atom. The molecule has 1 aliphatic heterocycles. The van der Waals surface area contributed by atoms with Crippen LogP contribution in [-0.2, 0) is 4.79 Å². The Labute approximate surface area is 96.7 Å². The summed E-state index contributed by atoms with van der Waals surface area (Å²) in [6.45, 7) is 2.71. The van der Waals surface area contributed by atoms with Crippen LogP contribution < -0.4 is 11.6 Å². The molecule has 1 saturated heterocycles. The van der Waals surface area contributed by atoms with E-state index in [0.717, 1.165) is 25.7 Å². The second kappa shape index (κ2) is 5.61. The smallest absolute Gasteiger partial charge is 0.323 e. The Hall–Kier alpha value is -0.650. The van der Waals surface area contributed by atoms with Crippen molar-refractivity contribution in [2.75, 3.05) is 6.54 Å². The minimum absolute atomic E-state index is 0.112. The van der Waals surface area contributed by atoms with Crippen LogP contribution in [0, 0.1) is 0 Å². The zero-order chi connectivity index (χ0) is 12.2. The highest BCUT2D eigenvalue weighted by atomic mass is 16.4. The maximum atomic E-state index is 11.1. The third kappa shape index (κ3) is 3.17. The van der Waals surface area contributed by atoms with Crippen LogP contribution in [-0.4, -0.2) is 34.2 Å². The van der Waals surface area contributed by atoms with E-state index in [4.69, 9.17) is 16.7 Å². The Balaban J connectivity index is 2.51. The molecule has 0 bridgehead atoms. The van der Waals surface area contributed by atoms with E-state index in [1.165, 1.54) is 0 Å². The Kier molecular flexibility index (Phi) is 4.70. The van der Waals surface area contributed by atoms with Gasteiger partial charge in [0, 0.05) is 12.6 Å². The highest BCUT2D eigenvalue weighted by Gasteiger charge is 2.41. The van der Waals surface area contributed by atoms with Gasteiger partial charge >= 0.3 is 5.97 Å². The summed E-state index contributed by atoms with van der Waals surface area (Å²) in [5, 5.41) is 10.8. The molecule has 5 nitrogen and oxygen atoms in total. The molecule has 0 radical (unpaired) electrons. The number of aliphatic carboxylic acids is 1. The predicted octanol–water partition coefficient (Wildman–Crippen LogP) is 0.687. The number of hydrogen-bond donors (Lipinski definition) is 3. The number of unbranched alkanes of at least 4 members (excludes halogenated alkanes) is 2. The molecule has 0 aromatic rings. The standard InChI is InChI=1S/C11H23N3O2/c1-2-3-4-5-9-8-11(12,10(15)16)6-7-14(9)13/h9H,2-8,12-13H2,1H3,(H,15,16). The molecule has 0 aromatic carbocycles. The molecule has 2 atom stereocenters. The topological polar surface area (TPSA) is 92.6 Å². The van der Waals surface area contributed by atoms with Gasteiger partial charge in [0.1, 0.15) is 5.54 Å². The Bertz CT molecular complexity index is 247. The fraction of sp³-hybridized carbons (Fsp3) is 0.909. The molecular formula is C11H23N3O2. The van der Waals surface area contributed by atoms with Crippen molar-refractivity contribution >= 4 is 5.97 Å². The van der Waals surface area contributed by atoms with Crippen LogP contribution in [0.3, 0.4) is 0 Å². The van der Waals surface area contributed by atoms with Gasteiger partial charge in [-0.15, -0.1) is 0 Å². The molecule has 2 unspecified atom stereocenters. The van der Waals surface area contributed by atoms with Crippen molar-refractivity contribution in [3.05, 3.63) is 0 Å². The summed E-state index contributed by atoms with van der Waals surface area (Å²) in [5.74, 6) is 4.97. The maximum absolute atomic E-state index is 11.1. The van der Waals surface area contributed by atoms with E-state index in [-0.39, 0.29) is 6.04 Å². The van der Waals surface area contributed by atoms with Crippen molar-refractivity contribution in [3.63, 3.8) is 0 Å². The molecule has 5 heteroatoms. The Morgan fingerprint density at radius 3 is 2.81 bits per heavy atom. The first-order chi connectivity index (χ1) is 7.49. The molecule has 94 valence electrons. The number of rotatable bonds is 5. The minimum Gasteiger partial charge on any atom is -0.480 e. The van der Waals surface area contributed by atoms with E-state index in [1.54, 1.807) is 5.01 Å². The molecule has 0 aliphatic carbocycles. The summed E-state index contributed by atoms with van der Waals surface area (Å²) in [7, 11) is 0. The molecule has 5 N–H and O–H groups in total. The molecule has 1 rings (SSSR count). The molecule has 0 saturated carbocycles. The second-order valence-corrected chi connectivity index (χ2v) is 4.80. The van der Waals surface area contributed by atoms with Crippen molar-refractivity contribution in [3.8, 4) is 0 Å². The zero-order valence-corrected chi connectivity index (χ0v) is 9.98. The lowest BCUT2D eigenvalue weighted by Gasteiger charge is -2.40. The number of nitrogens with two attached hydrogens (primary N) is 2. The maximum Gasteiger partial charge on any atom is 0.323 e. The van der Waals surface area contributed by atoms with E-state index >= 15 is 0 Å². The minimum atomic E-state index is -1.08. The molecule has 1 fully saturated rings. The first kappa shape index (κ1) is 13.4. The molecule has 1 heterocycles. The third-order valence-corrected chi connectivity index (χ3v) is 3.45. The van der Waals surface area contributed by atoms with Crippen LogP contribution in [0.1, 0.15) is 45.4 Å². The number of nitrogens with zero attached hydrogens (tertiary/aromatic N) is 1. The lowest BCUT2D eigenvalue weighted by atomic mass is 9.83. The predicted molar refractivity (Wildman–Crippen MR) is 62.6 cm³/mol. The van der Waals surface area contributed by atoms with Gasteiger partial charge in [-0.3, -0.25) is 10.6 Å². The van der Waals surface area contributed by atoms with Crippen molar-refractivity contribution in [1.82, 2.24) is 5.01 Å². The largest absolute Gasteiger partial charge is 0.480 e. The zero-order valence-electron chi connectivity index (χ0n) is 9.98. The molecular weight excluding hydrogens is 206 g/mol. The Morgan fingerprint density at radius 2 is 2.25 bits per heavy atom. The van der Waals surface area contributed by atoms with Gasteiger partial charge < -0.3 is 10.8 Å². The average molecular weight is 229 g/mol. The number of piperidine rings is 1. The van der Waals surface area contributed by atoms with Gasteiger partial charge in [0.15, 0.2) is 0 Å². The molecule has 1 aliphatic rings. The molecule has 0 aromatic heterocycles. The first-order valence-electron chi connectivity index (χ1n) is 6.03. The van der Waals surface area contributed by atoms with Gasteiger partial charge in [0.25, 0.3) is 0 Å².